The number of hydrogen-bond donors (Lipinski definition) is 1. The van der Waals surface area contributed by atoms with Gasteiger partial charge < -0.3 is 14.4 Å². The first-order chi connectivity index (χ1) is 12.0. The Morgan fingerprint density at radius 1 is 1.36 bits per heavy atom. The number of fused-ring (bicyclic) bond motifs is 1. The van der Waals surface area contributed by atoms with Gasteiger partial charge in [-0.15, -0.1) is 0 Å². The minimum Gasteiger partial charge on any atom is -0.360 e. The van der Waals surface area contributed by atoms with E-state index in [1.165, 1.54) is 11.8 Å². The fourth-order valence-electron chi connectivity index (χ4n) is 2.50. The van der Waals surface area contributed by atoms with Crippen LogP contribution >= 0.6 is 11.8 Å². The zero-order valence-electron chi connectivity index (χ0n) is 14.7. The number of anilines is 1. The molecule has 7 heteroatoms. The molecule has 0 fully saturated rings. The lowest BCUT2D eigenvalue weighted by atomic mass is 10.1. The monoisotopic (exact) mass is 358 g/mol. The van der Waals surface area contributed by atoms with Gasteiger partial charge in [-0.2, -0.15) is 0 Å². The summed E-state index contributed by atoms with van der Waals surface area (Å²) in [4.78, 5) is 16.8. The molecule has 0 radical (unpaired) electrons. The number of thioether (sulfide) groups is 1. The highest BCUT2D eigenvalue weighted by atomic mass is 32.2. The lowest BCUT2D eigenvalue weighted by Crippen LogP contribution is -2.15. The van der Waals surface area contributed by atoms with Gasteiger partial charge in [0.05, 0.1) is 16.8 Å². The molecule has 0 saturated carbocycles. The molecule has 0 aliphatic carbocycles. The quantitative estimate of drug-likeness (QED) is 0.644. The number of rotatable bonds is 7. The third-order valence-electron chi connectivity index (χ3n) is 3.78. The normalized spacial score (nSPS) is 11.4. The average molecular weight is 358 g/mol. The Morgan fingerprint density at radius 3 is 2.88 bits per heavy atom. The van der Waals surface area contributed by atoms with Gasteiger partial charge in [0.25, 0.3) is 0 Å². The number of aryl methyl sites for hydroxylation is 2. The van der Waals surface area contributed by atoms with Crippen LogP contribution in [0.3, 0.4) is 0 Å². The molecule has 1 N–H and O–H groups in total. The second-order valence-corrected chi connectivity index (χ2v) is 7.32. The van der Waals surface area contributed by atoms with Crippen LogP contribution in [0.1, 0.15) is 26.0 Å². The third kappa shape index (κ3) is 4.42. The highest BCUT2D eigenvalue weighted by Crippen LogP contribution is 2.25. The molecule has 0 unspecified atom stereocenters. The highest BCUT2D eigenvalue weighted by molar-refractivity contribution is 7.99. The Kier molecular flexibility index (Phi) is 5.43. The number of carbonyl (C=O) groups excluding carboxylic acids is 1. The van der Waals surface area contributed by atoms with Crippen LogP contribution in [0.2, 0.25) is 0 Å². The molecule has 0 atom stereocenters. The maximum absolute atomic E-state index is 12.1. The van der Waals surface area contributed by atoms with E-state index < -0.39 is 0 Å². The Balaban J connectivity index is 1.71. The molecule has 25 heavy (non-hydrogen) atoms. The van der Waals surface area contributed by atoms with Crippen LogP contribution in [-0.2, 0) is 11.3 Å². The van der Waals surface area contributed by atoms with Crippen molar-refractivity contribution in [2.24, 2.45) is 5.92 Å². The summed E-state index contributed by atoms with van der Waals surface area (Å²) in [6, 6.07) is 9.77. The van der Waals surface area contributed by atoms with E-state index in [0.717, 1.165) is 29.2 Å². The van der Waals surface area contributed by atoms with Gasteiger partial charge in [0.1, 0.15) is 5.76 Å². The smallest absolute Gasteiger partial charge is 0.236 e. The fraction of sp³-hybridized carbons (Fsp3) is 0.389. The molecule has 1 aromatic carbocycles. The number of amides is 1. The largest absolute Gasteiger partial charge is 0.360 e. The number of hydrogen-bond acceptors (Lipinski definition) is 5. The van der Waals surface area contributed by atoms with Crippen molar-refractivity contribution in [3.8, 4) is 0 Å². The van der Waals surface area contributed by atoms with E-state index in [1.807, 2.05) is 18.2 Å². The average Bonchev–Trinajstić information content (AvgIpc) is 3.14. The number of imidazole rings is 1. The molecule has 1 amide bonds. The van der Waals surface area contributed by atoms with Crippen molar-refractivity contribution in [2.45, 2.75) is 38.9 Å². The molecule has 3 rings (SSSR count). The Labute approximate surface area is 151 Å². The molecule has 0 saturated heterocycles. The summed E-state index contributed by atoms with van der Waals surface area (Å²) in [6.45, 7) is 7.09. The second kappa shape index (κ2) is 7.74. The Bertz CT molecular complexity index is 869. The van der Waals surface area contributed by atoms with Crippen molar-refractivity contribution in [3.05, 3.63) is 36.1 Å². The van der Waals surface area contributed by atoms with E-state index in [0.29, 0.717) is 17.5 Å². The molecule has 0 aliphatic heterocycles. The molecule has 132 valence electrons. The lowest BCUT2D eigenvalue weighted by molar-refractivity contribution is -0.113. The summed E-state index contributed by atoms with van der Waals surface area (Å²) in [5.74, 6) is 1.87. The summed E-state index contributed by atoms with van der Waals surface area (Å²) in [7, 11) is 0. The van der Waals surface area contributed by atoms with E-state index >= 15 is 0 Å². The first kappa shape index (κ1) is 17.5. The minimum atomic E-state index is -0.124. The molecule has 0 spiro atoms. The summed E-state index contributed by atoms with van der Waals surface area (Å²) in [5.41, 5.74) is 2.07. The number of carbonyl (C=O) groups is 1. The number of nitrogens with zero attached hydrogens (tertiary/aromatic N) is 3. The van der Waals surface area contributed by atoms with Gasteiger partial charge in [-0.3, -0.25) is 4.79 Å². The van der Waals surface area contributed by atoms with Gasteiger partial charge in [-0.25, -0.2) is 4.98 Å². The van der Waals surface area contributed by atoms with Gasteiger partial charge in [0.2, 0.25) is 5.91 Å². The first-order valence-electron chi connectivity index (χ1n) is 8.34. The van der Waals surface area contributed by atoms with Gasteiger partial charge in [0, 0.05) is 12.6 Å². The highest BCUT2D eigenvalue weighted by Gasteiger charge is 2.14. The number of aromatic nitrogens is 3. The molecule has 0 aliphatic rings. The predicted octanol–water partition coefficient (Wildman–Crippen LogP) is 4.11. The van der Waals surface area contributed by atoms with Gasteiger partial charge in [-0.1, -0.05) is 42.9 Å². The molecule has 6 nitrogen and oxygen atoms in total. The first-order valence-corrected chi connectivity index (χ1v) is 9.32. The zero-order chi connectivity index (χ0) is 17.8. The molecule has 3 aromatic rings. The molecule has 2 aromatic heterocycles. The number of benzene rings is 1. The van der Waals surface area contributed by atoms with E-state index in [-0.39, 0.29) is 11.7 Å². The summed E-state index contributed by atoms with van der Waals surface area (Å²) in [6.07, 6.45) is 1.07. The van der Waals surface area contributed by atoms with Crippen LogP contribution in [0.25, 0.3) is 11.0 Å². The summed E-state index contributed by atoms with van der Waals surface area (Å²) >= 11 is 1.44. The molecular weight excluding hydrogens is 336 g/mol. The van der Waals surface area contributed by atoms with Crippen LogP contribution in [0.4, 0.5) is 5.82 Å². The van der Waals surface area contributed by atoms with E-state index in [1.54, 1.807) is 13.0 Å². The molecule has 0 bridgehead atoms. The van der Waals surface area contributed by atoms with Crippen LogP contribution in [0.15, 0.2) is 40.0 Å². The van der Waals surface area contributed by atoms with Crippen LogP contribution in [0.5, 0.6) is 0 Å². The zero-order valence-corrected chi connectivity index (χ0v) is 15.5. The lowest BCUT2D eigenvalue weighted by Gasteiger charge is -2.10. The van der Waals surface area contributed by atoms with E-state index in [4.69, 9.17) is 4.52 Å². The standard InChI is InChI=1S/C18H22N4O2S/c1-12(2)8-9-22-15-7-5-4-6-14(15)19-18(22)25-11-17(23)20-16-10-13(3)24-21-16/h4-7,10,12H,8-9,11H2,1-3H3,(H,20,21,23). The van der Waals surface area contributed by atoms with Crippen LogP contribution in [-0.4, -0.2) is 26.4 Å². The van der Waals surface area contributed by atoms with Gasteiger partial charge in [-0.05, 0) is 31.4 Å². The van der Waals surface area contributed by atoms with E-state index in [2.05, 4.69) is 39.9 Å². The number of nitrogens with one attached hydrogen (secondary N) is 1. The van der Waals surface area contributed by atoms with Crippen molar-refractivity contribution in [3.63, 3.8) is 0 Å². The van der Waals surface area contributed by atoms with Crippen molar-refractivity contribution < 1.29 is 9.32 Å². The number of para-hydroxylation sites is 2. The molecule has 2 heterocycles. The van der Waals surface area contributed by atoms with E-state index in [9.17, 15) is 4.79 Å². The van der Waals surface area contributed by atoms with Crippen molar-refractivity contribution in [1.29, 1.82) is 0 Å². The minimum absolute atomic E-state index is 0.124. The maximum Gasteiger partial charge on any atom is 0.236 e. The predicted molar refractivity (Wildman–Crippen MR) is 99.8 cm³/mol. The Hall–Kier alpha value is -2.28. The summed E-state index contributed by atoms with van der Waals surface area (Å²) in [5, 5.41) is 7.38. The third-order valence-corrected chi connectivity index (χ3v) is 4.75. The maximum atomic E-state index is 12.1. The van der Waals surface area contributed by atoms with Crippen LogP contribution < -0.4 is 5.32 Å². The second-order valence-electron chi connectivity index (χ2n) is 6.38. The van der Waals surface area contributed by atoms with Crippen LogP contribution in [0, 0.1) is 12.8 Å². The van der Waals surface area contributed by atoms with Crippen molar-refractivity contribution in [2.75, 3.05) is 11.1 Å². The fourth-order valence-corrected chi connectivity index (χ4v) is 3.34. The Morgan fingerprint density at radius 2 is 2.16 bits per heavy atom. The van der Waals surface area contributed by atoms with Crippen molar-refractivity contribution >= 4 is 34.5 Å². The SMILES string of the molecule is Cc1cc(NC(=O)CSc2nc3ccccc3n2CCC(C)C)no1. The van der Waals surface area contributed by atoms with Gasteiger partial charge in [0.15, 0.2) is 11.0 Å². The van der Waals surface area contributed by atoms with Crippen molar-refractivity contribution in [1.82, 2.24) is 14.7 Å². The van der Waals surface area contributed by atoms with Gasteiger partial charge >= 0.3 is 0 Å². The molecular formula is C18H22N4O2S. The summed E-state index contributed by atoms with van der Waals surface area (Å²) < 4.78 is 7.16. The topological polar surface area (TPSA) is 73.0 Å².